The number of halogens is 1. The summed E-state index contributed by atoms with van der Waals surface area (Å²) in [4.78, 5) is 22.1. The van der Waals surface area contributed by atoms with Crippen LogP contribution in [-0.2, 0) is 14.8 Å². The normalized spacial score (nSPS) is 18.1. The van der Waals surface area contributed by atoms with Gasteiger partial charge in [-0.2, -0.15) is 4.98 Å². The van der Waals surface area contributed by atoms with Crippen LogP contribution in [-0.4, -0.2) is 36.3 Å². The number of sulfonamides is 1. The first-order valence-corrected chi connectivity index (χ1v) is 12.3. The van der Waals surface area contributed by atoms with E-state index in [1.807, 2.05) is 13.8 Å². The standard InChI is InChI=1S/C23H24FN5O4S/c1-4-13(2)19(26-21-17-7-5-6-8-18(17)34(31,32)29-21)22(30)25-14(3)23-27-20(28-33-23)15-9-11-16(24)12-10-15/h5-14,19H,4H2,1-3H3,(H,25,30)(H,26,29)/t13-,14?,19-/m0/s1. The van der Waals surface area contributed by atoms with E-state index in [1.165, 1.54) is 30.3 Å². The van der Waals surface area contributed by atoms with Crippen LogP contribution in [0, 0.1) is 11.7 Å². The Morgan fingerprint density at radius 2 is 1.88 bits per heavy atom. The van der Waals surface area contributed by atoms with Gasteiger partial charge in [-0.1, -0.05) is 37.6 Å². The Morgan fingerprint density at radius 3 is 2.59 bits per heavy atom. The largest absolute Gasteiger partial charge is 0.343 e. The van der Waals surface area contributed by atoms with Crippen molar-refractivity contribution in [2.24, 2.45) is 10.9 Å². The summed E-state index contributed by atoms with van der Waals surface area (Å²) < 4.78 is 45.7. The van der Waals surface area contributed by atoms with Gasteiger partial charge in [0.1, 0.15) is 23.7 Å². The molecule has 0 fully saturated rings. The topological polar surface area (TPSA) is 127 Å². The summed E-state index contributed by atoms with van der Waals surface area (Å²) in [7, 11) is -3.72. The lowest BCUT2D eigenvalue weighted by atomic mass is 9.98. The van der Waals surface area contributed by atoms with Crippen LogP contribution >= 0.6 is 0 Å². The number of fused-ring (bicyclic) bond motifs is 1. The smallest absolute Gasteiger partial charge is 0.263 e. The number of hydrogen-bond donors (Lipinski definition) is 2. The average molecular weight is 486 g/mol. The van der Waals surface area contributed by atoms with E-state index in [0.29, 0.717) is 17.5 Å². The SMILES string of the molecule is CC[C@H](C)[C@H](N=C1NS(=O)(=O)c2ccccc21)C(=O)NC(C)c1nc(-c2ccc(F)cc2)no1. The van der Waals surface area contributed by atoms with E-state index in [0.717, 1.165) is 0 Å². The first kappa shape index (κ1) is 23.6. The first-order valence-electron chi connectivity index (χ1n) is 10.8. The Morgan fingerprint density at radius 1 is 1.18 bits per heavy atom. The van der Waals surface area contributed by atoms with Crippen molar-refractivity contribution in [2.75, 3.05) is 0 Å². The third-order valence-corrected chi connectivity index (χ3v) is 7.05. The van der Waals surface area contributed by atoms with E-state index < -0.39 is 28.0 Å². The molecule has 3 aromatic rings. The van der Waals surface area contributed by atoms with Gasteiger partial charge >= 0.3 is 0 Å². The fourth-order valence-corrected chi connectivity index (χ4v) is 4.76. The van der Waals surface area contributed by atoms with Crippen molar-refractivity contribution in [3.63, 3.8) is 0 Å². The molecule has 1 aliphatic rings. The van der Waals surface area contributed by atoms with E-state index in [2.05, 4.69) is 25.2 Å². The third-order valence-electron chi connectivity index (χ3n) is 5.66. The van der Waals surface area contributed by atoms with Crippen molar-refractivity contribution in [3.05, 3.63) is 65.8 Å². The van der Waals surface area contributed by atoms with E-state index >= 15 is 0 Å². The summed E-state index contributed by atoms with van der Waals surface area (Å²) in [5.74, 6) is -0.367. The van der Waals surface area contributed by atoms with E-state index in [9.17, 15) is 17.6 Å². The number of aliphatic imine (C=N–C) groups is 1. The Balaban J connectivity index is 1.55. The second kappa shape index (κ2) is 9.34. The molecule has 0 saturated carbocycles. The Hall–Kier alpha value is -3.60. The number of nitrogens with one attached hydrogen (secondary N) is 2. The van der Waals surface area contributed by atoms with Crippen molar-refractivity contribution < 1.29 is 22.1 Å². The molecule has 1 amide bonds. The number of aromatic nitrogens is 2. The fraction of sp³-hybridized carbons (Fsp3) is 0.304. The molecular weight excluding hydrogens is 461 g/mol. The minimum atomic E-state index is -3.72. The van der Waals surface area contributed by atoms with Crippen molar-refractivity contribution in [3.8, 4) is 11.4 Å². The average Bonchev–Trinajstić information content (AvgIpc) is 3.41. The maximum Gasteiger partial charge on any atom is 0.263 e. The number of hydrogen-bond acceptors (Lipinski definition) is 7. The number of carbonyl (C=O) groups excluding carboxylic acids is 1. The van der Waals surface area contributed by atoms with Gasteiger partial charge in [0, 0.05) is 11.1 Å². The molecule has 0 aliphatic carbocycles. The highest BCUT2D eigenvalue weighted by Crippen LogP contribution is 2.25. The van der Waals surface area contributed by atoms with Crippen LogP contribution in [0.3, 0.4) is 0 Å². The predicted octanol–water partition coefficient (Wildman–Crippen LogP) is 3.21. The van der Waals surface area contributed by atoms with E-state index in [4.69, 9.17) is 4.52 Å². The van der Waals surface area contributed by atoms with Gasteiger partial charge in [-0.3, -0.25) is 14.5 Å². The Kier molecular flexibility index (Phi) is 6.47. The maximum absolute atomic E-state index is 13.2. The lowest BCUT2D eigenvalue weighted by Crippen LogP contribution is -2.40. The summed E-state index contributed by atoms with van der Waals surface area (Å²) in [5, 5.41) is 6.73. The fourth-order valence-electron chi connectivity index (χ4n) is 3.52. The molecule has 3 atom stereocenters. The zero-order valence-corrected chi connectivity index (χ0v) is 19.6. The minimum absolute atomic E-state index is 0.129. The van der Waals surface area contributed by atoms with Crippen LogP contribution in [0.25, 0.3) is 11.4 Å². The minimum Gasteiger partial charge on any atom is -0.343 e. The molecule has 2 heterocycles. The molecule has 34 heavy (non-hydrogen) atoms. The highest BCUT2D eigenvalue weighted by molar-refractivity contribution is 7.90. The van der Waals surface area contributed by atoms with Gasteiger partial charge in [0.15, 0.2) is 0 Å². The van der Waals surface area contributed by atoms with Crippen molar-refractivity contribution in [2.45, 2.75) is 44.2 Å². The summed E-state index contributed by atoms with van der Waals surface area (Å²) in [6, 6.07) is 10.7. The molecular formula is C23H24FN5O4S. The van der Waals surface area contributed by atoms with Crippen LogP contribution in [0.2, 0.25) is 0 Å². The molecule has 2 N–H and O–H groups in total. The molecule has 1 aliphatic heterocycles. The van der Waals surface area contributed by atoms with Crippen LogP contribution in [0.15, 0.2) is 62.9 Å². The molecule has 0 radical (unpaired) electrons. The highest BCUT2D eigenvalue weighted by Gasteiger charge is 2.33. The molecule has 1 aromatic heterocycles. The van der Waals surface area contributed by atoms with E-state index in [-0.39, 0.29) is 34.2 Å². The number of nitrogens with zero attached hydrogens (tertiary/aromatic N) is 3. The van der Waals surface area contributed by atoms with Gasteiger partial charge in [-0.25, -0.2) is 12.8 Å². The summed E-state index contributed by atoms with van der Waals surface area (Å²) in [6.07, 6.45) is 0.646. The van der Waals surface area contributed by atoms with Gasteiger partial charge in [0.2, 0.25) is 17.6 Å². The molecule has 11 heteroatoms. The van der Waals surface area contributed by atoms with Crippen molar-refractivity contribution in [1.82, 2.24) is 20.2 Å². The maximum atomic E-state index is 13.2. The second-order valence-corrected chi connectivity index (χ2v) is 9.75. The number of carbonyl (C=O) groups is 1. The van der Waals surface area contributed by atoms with Crippen molar-refractivity contribution >= 4 is 21.8 Å². The number of benzene rings is 2. The van der Waals surface area contributed by atoms with Gasteiger partial charge in [0.25, 0.3) is 10.0 Å². The number of rotatable bonds is 7. The van der Waals surface area contributed by atoms with Crippen LogP contribution in [0.5, 0.6) is 0 Å². The van der Waals surface area contributed by atoms with Crippen LogP contribution < -0.4 is 10.0 Å². The molecule has 4 rings (SSSR count). The molecule has 1 unspecified atom stereocenters. The van der Waals surface area contributed by atoms with Gasteiger partial charge in [-0.15, -0.1) is 0 Å². The predicted molar refractivity (Wildman–Crippen MR) is 123 cm³/mol. The highest BCUT2D eigenvalue weighted by atomic mass is 32.2. The van der Waals surface area contributed by atoms with Gasteiger partial charge < -0.3 is 9.84 Å². The zero-order valence-electron chi connectivity index (χ0n) is 18.8. The van der Waals surface area contributed by atoms with Gasteiger partial charge in [-0.05, 0) is 49.2 Å². The molecule has 0 bridgehead atoms. The first-order chi connectivity index (χ1) is 16.2. The molecule has 2 aromatic carbocycles. The Bertz CT molecular complexity index is 1340. The molecule has 0 spiro atoms. The molecule has 178 valence electrons. The lowest BCUT2D eigenvalue weighted by Gasteiger charge is -2.21. The molecule has 9 nitrogen and oxygen atoms in total. The second-order valence-electron chi connectivity index (χ2n) is 8.10. The zero-order chi connectivity index (χ0) is 24.5. The number of amidine groups is 1. The summed E-state index contributed by atoms with van der Waals surface area (Å²) in [6.45, 7) is 5.48. The summed E-state index contributed by atoms with van der Waals surface area (Å²) >= 11 is 0. The quantitative estimate of drug-likeness (QED) is 0.529. The molecule has 0 saturated heterocycles. The third kappa shape index (κ3) is 4.69. The number of amides is 1. The lowest BCUT2D eigenvalue weighted by molar-refractivity contribution is -0.124. The van der Waals surface area contributed by atoms with Crippen LogP contribution in [0.1, 0.15) is 44.7 Å². The van der Waals surface area contributed by atoms with Gasteiger partial charge in [0.05, 0.1) is 4.90 Å². The monoisotopic (exact) mass is 485 g/mol. The van der Waals surface area contributed by atoms with E-state index in [1.54, 1.807) is 25.1 Å². The van der Waals surface area contributed by atoms with Crippen LogP contribution in [0.4, 0.5) is 4.39 Å². The van der Waals surface area contributed by atoms with Crippen molar-refractivity contribution in [1.29, 1.82) is 0 Å². The Labute approximate surface area is 196 Å². The summed E-state index contributed by atoms with van der Waals surface area (Å²) in [5.41, 5.74) is 1.00.